The molecule has 0 aliphatic heterocycles. The number of nitrogens with one attached hydrogen (secondary N) is 2. The predicted molar refractivity (Wildman–Crippen MR) is 96.0 cm³/mol. The molecule has 0 aromatic heterocycles. The summed E-state index contributed by atoms with van der Waals surface area (Å²) in [7, 11) is 0. The van der Waals surface area contributed by atoms with Crippen LogP contribution >= 0.6 is 0 Å². The van der Waals surface area contributed by atoms with Gasteiger partial charge in [0.1, 0.15) is 0 Å². The zero-order chi connectivity index (χ0) is 20.1. The van der Waals surface area contributed by atoms with Crippen molar-refractivity contribution in [2.45, 2.75) is 51.8 Å². The highest BCUT2D eigenvalue weighted by Crippen LogP contribution is 2.28. The van der Waals surface area contributed by atoms with E-state index in [0.717, 1.165) is 12.1 Å². The molecule has 1 saturated carbocycles. The summed E-state index contributed by atoms with van der Waals surface area (Å²) in [5, 5.41) is 14.0. The second kappa shape index (κ2) is 8.98. The van der Waals surface area contributed by atoms with Gasteiger partial charge in [0, 0.05) is 29.9 Å². The molecule has 1 aliphatic carbocycles. The monoisotopic (exact) mass is 385 g/mol. The van der Waals surface area contributed by atoms with Gasteiger partial charge in [-0.3, -0.25) is 9.69 Å². The number of hydrogen-bond donors (Lipinski definition) is 3. The van der Waals surface area contributed by atoms with Crippen LogP contribution in [-0.2, 0) is 4.79 Å². The summed E-state index contributed by atoms with van der Waals surface area (Å²) in [5.74, 6) is -3.15. The lowest BCUT2D eigenvalue weighted by Gasteiger charge is -2.42. The molecule has 3 N–H and O–H groups in total. The Kier molecular flexibility index (Phi) is 6.95. The van der Waals surface area contributed by atoms with Gasteiger partial charge < -0.3 is 20.5 Å². The molecule has 0 saturated heterocycles. The van der Waals surface area contributed by atoms with Crippen molar-refractivity contribution in [1.29, 1.82) is 0 Å². The Morgan fingerprint density at radius 3 is 2.37 bits per heavy atom. The number of anilines is 1. The van der Waals surface area contributed by atoms with Crippen LogP contribution in [0.2, 0.25) is 0 Å². The fourth-order valence-electron chi connectivity index (χ4n) is 3.01. The molecule has 7 nitrogen and oxygen atoms in total. The van der Waals surface area contributed by atoms with Gasteiger partial charge in [-0.2, -0.15) is 0 Å². The summed E-state index contributed by atoms with van der Waals surface area (Å²) in [6, 6.07) is 1.40. The SMILES string of the molecule is CCN(CC(=O)O)C1CC(NC(=O)Nc2cc(F)c(OC(C)C)c(F)c2)C1. The predicted octanol–water partition coefficient (Wildman–Crippen LogP) is 2.81. The number of urea groups is 1. The van der Waals surface area contributed by atoms with Crippen LogP contribution in [0.4, 0.5) is 19.3 Å². The lowest BCUT2D eigenvalue weighted by Crippen LogP contribution is -2.55. The highest BCUT2D eigenvalue weighted by Gasteiger charge is 2.34. The minimum absolute atomic E-state index is 0.0180. The van der Waals surface area contributed by atoms with Crippen LogP contribution in [0, 0.1) is 11.6 Å². The summed E-state index contributed by atoms with van der Waals surface area (Å²) >= 11 is 0. The number of nitrogens with zero attached hydrogens (tertiary/aromatic N) is 1. The molecule has 27 heavy (non-hydrogen) atoms. The number of halogens is 2. The Morgan fingerprint density at radius 2 is 1.89 bits per heavy atom. The third kappa shape index (κ3) is 5.78. The minimum atomic E-state index is -0.894. The van der Waals surface area contributed by atoms with E-state index in [-0.39, 0.29) is 30.4 Å². The quantitative estimate of drug-likeness (QED) is 0.640. The molecule has 0 heterocycles. The number of carboxylic acid groups (broad SMARTS) is 1. The summed E-state index contributed by atoms with van der Waals surface area (Å²) in [6.45, 7) is 5.76. The van der Waals surface area contributed by atoms with Crippen molar-refractivity contribution in [3.63, 3.8) is 0 Å². The van der Waals surface area contributed by atoms with Crippen LogP contribution in [0.3, 0.4) is 0 Å². The van der Waals surface area contributed by atoms with E-state index in [1.807, 2.05) is 11.8 Å². The van der Waals surface area contributed by atoms with Gasteiger partial charge in [-0.15, -0.1) is 0 Å². The van der Waals surface area contributed by atoms with Crippen molar-refractivity contribution in [2.75, 3.05) is 18.4 Å². The van der Waals surface area contributed by atoms with Crippen molar-refractivity contribution < 1.29 is 28.2 Å². The van der Waals surface area contributed by atoms with E-state index < -0.39 is 29.4 Å². The molecule has 150 valence electrons. The van der Waals surface area contributed by atoms with Crippen molar-refractivity contribution in [3.8, 4) is 5.75 Å². The maximum atomic E-state index is 14.0. The van der Waals surface area contributed by atoms with Gasteiger partial charge >= 0.3 is 12.0 Å². The van der Waals surface area contributed by atoms with Crippen LogP contribution in [0.15, 0.2) is 12.1 Å². The molecule has 0 spiro atoms. The molecule has 1 aromatic carbocycles. The number of likely N-dealkylation sites (N-methyl/N-ethyl adjacent to an activating group) is 1. The second-order valence-electron chi connectivity index (χ2n) is 6.81. The topological polar surface area (TPSA) is 90.9 Å². The van der Waals surface area contributed by atoms with E-state index in [1.54, 1.807) is 13.8 Å². The molecular weight excluding hydrogens is 360 g/mol. The van der Waals surface area contributed by atoms with Gasteiger partial charge in [-0.1, -0.05) is 6.92 Å². The first-order valence-corrected chi connectivity index (χ1v) is 8.88. The molecule has 0 unspecified atom stereocenters. The summed E-state index contributed by atoms with van der Waals surface area (Å²) in [4.78, 5) is 24.7. The Labute approximate surface area is 156 Å². The number of amides is 2. The average Bonchev–Trinajstić information content (AvgIpc) is 2.51. The van der Waals surface area contributed by atoms with Crippen LogP contribution < -0.4 is 15.4 Å². The average molecular weight is 385 g/mol. The normalized spacial score (nSPS) is 18.9. The van der Waals surface area contributed by atoms with E-state index in [0.29, 0.717) is 19.4 Å². The Morgan fingerprint density at radius 1 is 1.30 bits per heavy atom. The zero-order valence-electron chi connectivity index (χ0n) is 15.6. The highest BCUT2D eigenvalue weighted by molar-refractivity contribution is 5.89. The van der Waals surface area contributed by atoms with Gasteiger partial charge in [0.05, 0.1) is 12.6 Å². The Bertz CT molecular complexity index is 670. The van der Waals surface area contributed by atoms with E-state index in [2.05, 4.69) is 10.6 Å². The largest absolute Gasteiger partial charge is 0.485 e. The molecule has 1 fully saturated rings. The zero-order valence-corrected chi connectivity index (χ0v) is 15.6. The van der Waals surface area contributed by atoms with E-state index in [4.69, 9.17) is 9.84 Å². The number of rotatable bonds is 8. The molecule has 9 heteroatoms. The first kappa shape index (κ1) is 20.9. The highest BCUT2D eigenvalue weighted by atomic mass is 19.1. The Hall–Kier alpha value is -2.42. The lowest BCUT2D eigenvalue weighted by molar-refractivity contribution is -0.139. The van der Waals surface area contributed by atoms with Crippen LogP contribution in [0.25, 0.3) is 0 Å². The van der Waals surface area contributed by atoms with Crippen LogP contribution in [0.1, 0.15) is 33.6 Å². The molecule has 2 amide bonds. The molecule has 1 aromatic rings. The fraction of sp³-hybridized carbons (Fsp3) is 0.556. The van der Waals surface area contributed by atoms with Crippen molar-refractivity contribution >= 4 is 17.7 Å². The number of carbonyl (C=O) groups excluding carboxylic acids is 1. The summed E-state index contributed by atoms with van der Waals surface area (Å²) in [5.41, 5.74) is -0.0180. The number of aliphatic carboxylic acids is 1. The summed E-state index contributed by atoms with van der Waals surface area (Å²) < 4.78 is 33.0. The van der Waals surface area contributed by atoms with E-state index in [1.165, 1.54) is 0 Å². The van der Waals surface area contributed by atoms with Gasteiger partial charge in [-0.05, 0) is 33.2 Å². The lowest BCUT2D eigenvalue weighted by atomic mass is 9.85. The van der Waals surface area contributed by atoms with Crippen molar-refractivity contribution in [2.24, 2.45) is 0 Å². The summed E-state index contributed by atoms with van der Waals surface area (Å²) in [6.07, 6.45) is 0.864. The molecule has 1 aliphatic rings. The van der Waals surface area contributed by atoms with E-state index >= 15 is 0 Å². The number of carboxylic acids is 1. The first-order chi connectivity index (χ1) is 12.7. The first-order valence-electron chi connectivity index (χ1n) is 8.88. The number of benzene rings is 1. The standard InChI is InChI=1S/C18H25F2N3O4/c1-4-23(9-16(24)25)13-5-11(6-13)21-18(26)22-12-7-14(19)17(15(20)8-12)27-10(2)3/h7-8,10-11,13H,4-6,9H2,1-3H3,(H,24,25)(H2,21,22,26). The maximum absolute atomic E-state index is 14.0. The number of hydrogen-bond acceptors (Lipinski definition) is 4. The van der Waals surface area contributed by atoms with Gasteiger partial charge in [0.2, 0.25) is 0 Å². The van der Waals surface area contributed by atoms with Gasteiger partial charge in [-0.25, -0.2) is 13.6 Å². The second-order valence-corrected chi connectivity index (χ2v) is 6.81. The molecule has 0 radical (unpaired) electrons. The van der Waals surface area contributed by atoms with Crippen LogP contribution in [0.5, 0.6) is 5.75 Å². The fourth-order valence-corrected chi connectivity index (χ4v) is 3.01. The molecule has 0 bridgehead atoms. The third-order valence-corrected chi connectivity index (χ3v) is 4.32. The Balaban J connectivity index is 1.86. The van der Waals surface area contributed by atoms with Crippen molar-refractivity contribution in [3.05, 3.63) is 23.8 Å². The number of ether oxygens (including phenoxy) is 1. The van der Waals surface area contributed by atoms with Gasteiger partial charge in [0.15, 0.2) is 17.4 Å². The third-order valence-electron chi connectivity index (χ3n) is 4.32. The van der Waals surface area contributed by atoms with Crippen LogP contribution in [-0.4, -0.2) is 53.3 Å². The number of carbonyl (C=O) groups is 2. The molecule has 2 rings (SSSR count). The molecular formula is C18H25F2N3O4. The van der Waals surface area contributed by atoms with Gasteiger partial charge in [0.25, 0.3) is 0 Å². The van der Waals surface area contributed by atoms with E-state index in [9.17, 15) is 18.4 Å². The smallest absolute Gasteiger partial charge is 0.319 e. The maximum Gasteiger partial charge on any atom is 0.319 e. The minimum Gasteiger partial charge on any atom is -0.485 e. The van der Waals surface area contributed by atoms with Crippen molar-refractivity contribution in [1.82, 2.24) is 10.2 Å². The molecule has 0 atom stereocenters.